The molecular formula is C112H132IN3O29S2Zn+4. The number of hydrogen-bond donors (Lipinski definition) is 9. The smallest absolute Gasteiger partial charge is 0.507 e. The summed E-state index contributed by atoms with van der Waals surface area (Å²) in [5.41, 5.74) is 8.08. The molecule has 19 aliphatic rings. The van der Waals surface area contributed by atoms with E-state index in [1.165, 1.54) is 55.1 Å². The summed E-state index contributed by atoms with van der Waals surface area (Å²) in [6.07, 6.45) is 22.7. The number of ketones is 5. The first kappa shape index (κ1) is 112. The maximum absolute atomic E-state index is 12.7. The number of epoxide rings is 1. The van der Waals surface area contributed by atoms with Gasteiger partial charge in [0.05, 0.1) is 51.6 Å². The summed E-state index contributed by atoms with van der Waals surface area (Å²) >= 11 is 9.93. The van der Waals surface area contributed by atoms with Crippen LogP contribution < -0.4 is 9.46 Å². The predicted molar refractivity (Wildman–Crippen MR) is 544 cm³/mol. The number of rotatable bonds is 4. The second-order valence-electron chi connectivity index (χ2n) is 42.6. The van der Waals surface area contributed by atoms with Gasteiger partial charge in [0, 0.05) is 140 Å². The van der Waals surface area contributed by atoms with E-state index in [9.17, 15) is 63.9 Å². The number of aliphatic hydroxyl groups is 1. The second kappa shape index (κ2) is 45.3. The molecule has 2 spiro atoms. The first-order valence-electron chi connectivity index (χ1n) is 50.5. The molecule has 13 aliphatic heterocycles. The van der Waals surface area contributed by atoms with Crippen LogP contribution in [-0.2, 0) is 122 Å². The van der Waals surface area contributed by atoms with Crippen molar-refractivity contribution in [2.75, 3.05) is 13.2 Å². The molecule has 786 valence electrons. The molecule has 36 heteroatoms. The largest absolute Gasteiger partial charge is 2.00 e. The normalized spacial score (nSPS) is 32.5. The van der Waals surface area contributed by atoms with Crippen LogP contribution in [0.15, 0.2) is 172 Å². The summed E-state index contributed by atoms with van der Waals surface area (Å²) in [6.45, 7) is 35.0. The number of allylic oxidation sites excluding steroid dienone is 2. The van der Waals surface area contributed by atoms with Crippen molar-refractivity contribution < 1.29 is 170 Å². The number of aryl methyl sites for hydroxylation is 2. The number of halogens is 1. The molecule has 32 nitrogen and oxygen atoms in total. The number of carbonyl (C=O) groups excluding carboxylic acids is 8. The number of pyridine rings is 3. The van der Waals surface area contributed by atoms with Crippen LogP contribution in [0.4, 0.5) is 0 Å². The van der Waals surface area contributed by atoms with Crippen molar-refractivity contribution in [3.8, 4) is 23.0 Å². The van der Waals surface area contributed by atoms with Crippen LogP contribution in [0.3, 0.4) is 0 Å². The van der Waals surface area contributed by atoms with Gasteiger partial charge >= 0.3 is 37.4 Å². The van der Waals surface area contributed by atoms with Gasteiger partial charge in [-0.15, -0.1) is 0 Å². The van der Waals surface area contributed by atoms with Gasteiger partial charge in [0.1, 0.15) is 40.8 Å². The predicted octanol–water partition coefficient (Wildman–Crippen LogP) is 18.0. The average molecular weight is 2240 g/mol. The monoisotopic (exact) mass is 2240 g/mol. The van der Waals surface area contributed by atoms with Crippen LogP contribution >= 0.6 is 47.8 Å². The summed E-state index contributed by atoms with van der Waals surface area (Å²) in [6, 6.07) is 25.7. The summed E-state index contributed by atoms with van der Waals surface area (Å²) in [5, 5.41) is 68.6. The zero-order chi connectivity index (χ0) is 106. The van der Waals surface area contributed by atoms with Gasteiger partial charge in [-0.25, -0.2) is 29.1 Å². The molecule has 26 rings (SSSR count). The Bertz CT molecular complexity index is 6390. The fourth-order valence-corrected chi connectivity index (χ4v) is 24.7. The number of phenolic OH excluding ortho intramolecular Hbond substituents is 4. The number of aromatic hydroxyl groups is 4. The molecule has 0 radical (unpaired) electrons. The molecule has 3 aromatic heterocycles. The quantitative estimate of drug-likeness (QED) is 0.00631. The van der Waals surface area contributed by atoms with Crippen molar-refractivity contribution in [3.05, 3.63) is 222 Å². The van der Waals surface area contributed by atoms with Crippen LogP contribution in [0, 0.1) is 76.6 Å². The molecular weight excluding hydrogens is 2110 g/mol. The van der Waals surface area contributed by atoms with Crippen LogP contribution in [0.1, 0.15) is 263 Å². The Balaban J connectivity index is 0.000000127. The molecule has 4 aromatic carbocycles. The van der Waals surface area contributed by atoms with Crippen molar-refractivity contribution >= 4 is 111 Å². The van der Waals surface area contributed by atoms with Gasteiger partial charge < -0.3 is 77.7 Å². The molecule has 22 atom stereocenters. The number of benzene rings is 4. The van der Waals surface area contributed by atoms with Crippen molar-refractivity contribution in [1.82, 2.24) is 4.98 Å². The SMILES string of the molecule is C=C1C(=O)O[C@H]2[C@H]1CC/C(C)=C/CC[C@@]1(C)O[C@@H]21.CC(=O)CCC(=O)O[C@@H]1O[C@H]2O[C@]3(C)CC[C@@H]4[C@@H](C)CC[C@H]([C@@H]1C)[C@]24OO3.CC1COC2=C1C(=O)C(=O)c1c2ccc2c1CCCC2(C)C.CC1OCC=C2OC(=O)C=C21.C[C@H]1[C@H]2CC[C@H](C)[C@H]3CC[C@]4(C)OO[C@]23[C@@H](O[C@@H]1O)O4.Cc1cc(I)c(O)c2ncccc12.Cc1ccc(O)c2c1C(=O)c1ccc(O)c(O)c1C2=O.O[n+]1ccccc1S.O[n+]1ccccc1S.[Zn+2]. The minimum Gasteiger partial charge on any atom is -0.507 e. The van der Waals surface area contributed by atoms with Gasteiger partial charge in [-0.3, -0.25) is 39.4 Å². The summed E-state index contributed by atoms with van der Waals surface area (Å²) in [4.78, 5) is 124. The van der Waals surface area contributed by atoms with Crippen LogP contribution in [0.25, 0.3) is 16.7 Å². The first-order chi connectivity index (χ1) is 69.6. The third-order valence-corrected chi connectivity index (χ3v) is 33.6. The number of aliphatic hydroxyl groups excluding tert-OH is 1. The fourth-order valence-electron chi connectivity index (χ4n) is 23.7. The van der Waals surface area contributed by atoms with Crippen molar-refractivity contribution in [3.63, 3.8) is 0 Å². The molecule has 2 saturated carbocycles. The number of aromatic nitrogens is 3. The Morgan fingerprint density at radius 3 is 1.86 bits per heavy atom. The maximum Gasteiger partial charge on any atom is 2.00 e. The summed E-state index contributed by atoms with van der Waals surface area (Å²) < 4.78 is 59.8. The van der Waals surface area contributed by atoms with Gasteiger partial charge in [0.2, 0.25) is 47.6 Å². The zero-order valence-corrected chi connectivity index (χ0v) is 92.9. The first-order valence-corrected chi connectivity index (χ1v) is 52.5. The van der Waals surface area contributed by atoms with E-state index in [4.69, 9.17) is 77.3 Å². The van der Waals surface area contributed by atoms with Crippen LogP contribution in [0.5, 0.6) is 23.0 Å². The standard InChI is InChI=1S/C20H30O7.C19H20O3.C15H24O5.C15H10O5.C15H20O3.C10H8INO.C8H8O3.2C5H5NOS.Zn/c1-11-5-7-15-13(3)17(23-16(22)8-6-12(2)21)24-18-20(15)14(11)9-10-19(4,25-18)26-27-20;1-10-9-22-18-12-6-7-13-11(5-4-8-19(13,2)3)15(12)17(21)16(20)14(10)18;1-8-4-5-11-9(2)12(16)17-13-15(11)10(8)6-7-14(3,18-13)19-20-15;1-6-2-4-8(16)12-10(6)13(18)7-3-5-9(17)14(19)11(7)15(12)20;1-9-5-4-8-15(3)13(18-15)12-11(7-6-9)10(2)14(16)17-12;1-6-5-8(11)10(13)9-7(6)3-2-4-12-9;1-5-6-4-8(9)11-7(6)2-3-10-5;2*7-6-4-2-1-3-5(6)8;/h11,13-15,17-18H,5-10H2,1-4H3;6-7,10H,4-5,8-9H2,1-3H3;8-13,16H,4-7H2,1-3H3;2-5,16-17,19H,1H3;5,11-13H,2,4,6-8H2,1,3H3;2-5,13H,1H3;2,4-5H,3H2,1H3;2*1-4,7H;/q;;;;;;;;;+2/p+2/b;;;;9-5+;;;;;/t11-,13-,14+,15+,17+,18-,19-,20-;;8-,9-,10+,11+,12-,13-,14-,15-;;11-,12-,13-,15+;;;;;/m0.0.0...../s1. The Morgan fingerprint density at radius 1 is 0.622 bits per heavy atom. The molecule has 12 fully saturated rings. The number of esters is 3. The van der Waals surface area contributed by atoms with E-state index in [1.807, 2.05) is 72.7 Å². The van der Waals surface area contributed by atoms with Gasteiger partial charge in [0.25, 0.3) is 10.1 Å². The van der Waals surface area contributed by atoms with Crippen molar-refractivity contribution in [1.29, 1.82) is 0 Å². The van der Waals surface area contributed by atoms with Gasteiger partial charge in [-0.2, -0.15) is 0 Å². The number of fused-ring (bicyclic) bond motifs is 15. The van der Waals surface area contributed by atoms with E-state index in [0.717, 1.165) is 137 Å². The van der Waals surface area contributed by atoms with E-state index in [1.54, 1.807) is 61.7 Å². The number of nitrogens with zero attached hydrogens (tertiary/aromatic N) is 3. The molecule has 148 heavy (non-hydrogen) atoms. The number of phenols is 4. The zero-order valence-electron chi connectivity index (χ0n) is 86.0. The van der Waals surface area contributed by atoms with E-state index < -0.39 is 77.0 Å². The van der Waals surface area contributed by atoms with Crippen LogP contribution in [0.2, 0.25) is 0 Å². The second-order valence-corrected chi connectivity index (χ2v) is 44.6. The molecule has 4 bridgehead atoms. The minimum absolute atomic E-state index is 0. The van der Waals surface area contributed by atoms with Gasteiger partial charge in [-0.1, -0.05) is 116 Å². The Hall–Kier alpha value is -9.74. The molecule has 7 N–H and O–H groups in total. The molecule has 6 aliphatic carbocycles. The van der Waals surface area contributed by atoms with E-state index >= 15 is 0 Å². The topological polar surface area (TPSA) is 431 Å². The summed E-state index contributed by atoms with van der Waals surface area (Å²) in [7, 11) is 0. The van der Waals surface area contributed by atoms with E-state index in [-0.39, 0.29) is 166 Å². The summed E-state index contributed by atoms with van der Waals surface area (Å²) in [5.74, 6) is -2.08. The third-order valence-electron chi connectivity index (χ3n) is 32.1. The Labute approximate surface area is 897 Å². The van der Waals surface area contributed by atoms with E-state index in [0.29, 0.717) is 80.3 Å². The third kappa shape index (κ3) is 22.3. The Morgan fingerprint density at radius 2 is 1.24 bits per heavy atom. The van der Waals surface area contributed by atoms with E-state index in [2.05, 4.69) is 113 Å². The van der Waals surface area contributed by atoms with Crippen molar-refractivity contribution in [2.24, 2.45) is 59.2 Å². The fraction of sp³-hybridized carbons (Fsp3) is 0.509. The molecule has 16 heterocycles. The molecule has 0 amide bonds. The molecule has 7 aromatic rings. The number of hydrogen-bond acceptors (Lipinski definition) is 32. The van der Waals surface area contributed by atoms with Crippen molar-refractivity contribution in [2.45, 2.75) is 300 Å². The number of carbonyl (C=O) groups is 8. The van der Waals surface area contributed by atoms with Gasteiger partial charge in [-0.05, 0) is 261 Å². The van der Waals surface area contributed by atoms with Gasteiger partial charge in [0.15, 0.2) is 53.1 Å². The maximum atomic E-state index is 12.7. The Kier molecular flexibility index (Phi) is 34.4. The molecule has 10 saturated heterocycles. The minimum atomic E-state index is -0.846. The molecule has 2 unspecified atom stereocenters. The average Bonchev–Trinajstić information content (AvgIpc) is 1.45. The number of thiol groups is 2. The number of ether oxygens (including phenoxy) is 10. The number of Topliss-reactive ketones (excluding diaryl/α,β-unsaturated/α-hetero) is 3. The van der Waals surface area contributed by atoms with Crippen LogP contribution in [-0.4, -0.2) is 173 Å².